The maximum absolute atomic E-state index is 13.3. The fourth-order valence-corrected chi connectivity index (χ4v) is 3.54. The van der Waals surface area contributed by atoms with E-state index in [1.54, 1.807) is 49.7 Å². The second kappa shape index (κ2) is 9.11. The van der Waals surface area contributed by atoms with Gasteiger partial charge < -0.3 is 19.4 Å². The highest BCUT2D eigenvalue weighted by molar-refractivity contribution is 6.31. The number of carbonyl (C=O) groups is 2. The molecule has 0 atom stereocenters. The molecule has 0 saturated carbocycles. The molecule has 0 aliphatic carbocycles. The lowest BCUT2D eigenvalue weighted by atomic mass is 10.1. The molecule has 0 fully saturated rings. The summed E-state index contributed by atoms with van der Waals surface area (Å²) in [7, 11) is 3.07. The number of methoxy groups -OCH3 is 1. The van der Waals surface area contributed by atoms with E-state index in [1.165, 1.54) is 12.0 Å². The van der Waals surface area contributed by atoms with E-state index in [9.17, 15) is 9.59 Å². The Morgan fingerprint density at radius 1 is 1.12 bits per heavy atom. The second-order valence-electron chi connectivity index (χ2n) is 7.10. The summed E-state index contributed by atoms with van der Waals surface area (Å²) < 4.78 is 10.7. The first kappa shape index (κ1) is 21.4. The van der Waals surface area contributed by atoms with Crippen molar-refractivity contribution in [1.29, 1.82) is 0 Å². The zero-order chi connectivity index (χ0) is 22.7. The zero-order valence-electron chi connectivity index (χ0n) is 17.5. The van der Waals surface area contributed by atoms with Crippen LogP contribution in [0.25, 0.3) is 22.4 Å². The number of anilines is 1. The molecule has 1 N–H and O–H groups in total. The Morgan fingerprint density at radius 2 is 1.94 bits per heavy atom. The van der Waals surface area contributed by atoms with E-state index in [1.807, 2.05) is 24.3 Å². The highest BCUT2D eigenvalue weighted by Gasteiger charge is 2.20. The Hall–Kier alpha value is -3.84. The quantitative estimate of drug-likeness (QED) is 0.454. The van der Waals surface area contributed by atoms with Crippen LogP contribution in [-0.2, 0) is 4.79 Å². The molecule has 0 saturated heterocycles. The van der Waals surface area contributed by atoms with E-state index in [0.29, 0.717) is 44.4 Å². The number of amides is 2. The largest absolute Gasteiger partial charge is 0.495 e. The average molecular weight is 450 g/mol. The number of hydrogen-bond donors (Lipinski definition) is 1. The molecule has 0 radical (unpaired) electrons. The van der Waals surface area contributed by atoms with E-state index >= 15 is 0 Å². The van der Waals surface area contributed by atoms with Gasteiger partial charge in [0.05, 0.1) is 36.7 Å². The number of para-hydroxylation sites is 1. The monoisotopic (exact) mass is 449 g/mol. The predicted octanol–water partition coefficient (Wildman–Crippen LogP) is 4.87. The van der Waals surface area contributed by atoms with Crippen molar-refractivity contribution in [2.24, 2.45) is 0 Å². The van der Waals surface area contributed by atoms with E-state index in [4.69, 9.17) is 20.8 Å². The summed E-state index contributed by atoms with van der Waals surface area (Å²) in [5, 5.41) is 3.89. The number of pyridine rings is 1. The number of furan rings is 1. The first-order valence-electron chi connectivity index (χ1n) is 9.79. The van der Waals surface area contributed by atoms with Gasteiger partial charge in [0.1, 0.15) is 11.4 Å². The number of likely N-dealkylation sites (N-methyl/N-ethyl adjacent to an activating group) is 1. The maximum Gasteiger partial charge on any atom is 0.254 e. The van der Waals surface area contributed by atoms with Crippen molar-refractivity contribution in [3.8, 4) is 17.2 Å². The van der Waals surface area contributed by atoms with Crippen LogP contribution in [0.3, 0.4) is 0 Å². The van der Waals surface area contributed by atoms with Crippen molar-refractivity contribution in [3.63, 3.8) is 0 Å². The van der Waals surface area contributed by atoms with Crippen molar-refractivity contribution < 1.29 is 18.7 Å². The van der Waals surface area contributed by atoms with Crippen LogP contribution in [0, 0.1) is 0 Å². The van der Waals surface area contributed by atoms with Crippen molar-refractivity contribution in [3.05, 3.63) is 77.5 Å². The van der Waals surface area contributed by atoms with E-state index < -0.39 is 0 Å². The molecule has 2 aromatic heterocycles. The number of rotatable bonds is 6. The minimum Gasteiger partial charge on any atom is -0.495 e. The Morgan fingerprint density at radius 3 is 2.69 bits per heavy atom. The van der Waals surface area contributed by atoms with Crippen LogP contribution in [0.4, 0.5) is 5.69 Å². The van der Waals surface area contributed by atoms with Crippen LogP contribution in [0.2, 0.25) is 5.02 Å². The van der Waals surface area contributed by atoms with E-state index in [2.05, 4.69) is 10.3 Å². The number of hydrogen-bond acceptors (Lipinski definition) is 5. The fraction of sp³-hybridized carbons (Fsp3) is 0.125. The Labute approximate surface area is 189 Å². The molecule has 8 heteroatoms. The number of carbonyl (C=O) groups excluding carboxylic acids is 2. The van der Waals surface area contributed by atoms with Gasteiger partial charge in [-0.2, -0.15) is 0 Å². The Kier molecular flexibility index (Phi) is 6.09. The third kappa shape index (κ3) is 4.43. The lowest BCUT2D eigenvalue weighted by Gasteiger charge is -2.19. The Balaban J connectivity index is 1.59. The molecular weight excluding hydrogens is 430 g/mol. The van der Waals surface area contributed by atoms with Crippen LogP contribution in [0.5, 0.6) is 5.75 Å². The summed E-state index contributed by atoms with van der Waals surface area (Å²) in [5.74, 6) is 0.328. The van der Waals surface area contributed by atoms with Crippen LogP contribution in [-0.4, -0.2) is 42.4 Å². The molecule has 2 amide bonds. The van der Waals surface area contributed by atoms with Gasteiger partial charge in [-0.05, 0) is 42.5 Å². The summed E-state index contributed by atoms with van der Waals surface area (Å²) in [6.07, 6.45) is 1.55. The van der Waals surface area contributed by atoms with Crippen molar-refractivity contribution >= 4 is 40.0 Å². The minimum absolute atomic E-state index is 0.165. The molecule has 0 bridgehead atoms. The van der Waals surface area contributed by atoms with Gasteiger partial charge in [0.2, 0.25) is 5.91 Å². The SMILES string of the molecule is COc1ccc(Cl)cc1NC(=O)CN(C)C(=O)c1cc(-c2ccco2)nc2ccccc12. The lowest BCUT2D eigenvalue weighted by Crippen LogP contribution is -2.35. The Bertz CT molecular complexity index is 1290. The van der Waals surface area contributed by atoms with Gasteiger partial charge in [-0.25, -0.2) is 4.98 Å². The molecule has 32 heavy (non-hydrogen) atoms. The highest BCUT2D eigenvalue weighted by Crippen LogP contribution is 2.28. The fourth-order valence-electron chi connectivity index (χ4n) is 3.36. The zero-order valence-corrected chi connectivity index (χ0v) is 18.2. The van der Waals surface area contributed by atoms with Gasteiger partial charge in [-0.1, -0.05) is 29.8 Å². The molecule has 4 aromatic rings. The molecule has 162 valence electrons. The van der Waals surface area contributed by atoms with E-state index in [0.717, 1.165) is 0 Å². The van der Waals surface area contributed by atoms with Gasteiger partial charge in [-0.3, -0.25) is 9.59 Å². The number of nitrogens with zero attached hydrogens (tertiary/aromatic N) is 2. The molecule has 0 aliphatic heterocycles. The van der Waals surface area contributed by atoms with Gasteiger partial charge in [0.25, 0.3) is 5.91 Å². The van der Waals surface area contributed by atoms with Gasteiger partial charge in [-0.15, -0.1) is 0 Å². The molecular formula is C24H20ClN3O4. The number of fused-ring (bicyclic) bond motifs is 1. The number of aromatic nitrogens is 1. The number of ether oxygens (including phenoxy) is 1. The summed E-state index contributed by atoms with van der Waals surface area (Å²) in [4.78, 5) is 31.9. The molecule has 2 aromatic carbocycles. The van der Waals surface area contributed by atoms with Crippen molar-refractivity contribution in [2.45, 2.75) is 0 Å². The number of benzene rings is 2. The summed E-state index contributed by atoms with van der Waals surface area (Å²) in [5.41, 5.74) is 2.06. The summed E-state index contributed by atoms with van der Waals surface area (Å²) in [6, 6.07) is 17.5. The predicted molar refractivity (Wildman–Crippen MR) is 123 cm³/mol. The van der Waals surface area contributed by atoms with Gasteiger partial charge >= 0.3 is 0 Å². The van der Waals surface area contributed by atoms with Crippen LogP contribution >= 0.6 is 11.6 Å². The minimum atomic E-state index is -0.383. The van der Waals surface area contributed by atoms with Crippen LogP contribution in [0.15, 0.2) is 71.3 Å². The van der Waals surface area contributed by atoms with Gasteiger partial charge in [0.15, 0.2) is 5.76 Å². The standard InChI is InChI=1S/C24H20ClN3O4/c1-28(14-23(29)27-19-12-15(25)9-10-21(19)31-2)24(30)17-13-20(22-8-5-11-32-22)26-18-7-4-3-6-16(17)18/h3-13H,14H2,1-2H3,(H,27,29). The van der Waals surface area contributed by atoms with Gasteiger partial charge in [0, 0.05) is 17.5 Å². The molecule has 2 heterocycles. The smallest absolute Gasteiger partial charge is 0.254 e. The second-order valence-corrected chi connectivity index (χ2v) is 7.54. The first-order chi connectivity index (χ1) is 15.5. The third-order valence-electron chi connectivity index (χ3n) is 4.88. The number of nitrogens with one attached hydrogen (secondary N) is 1. The highest BCUT2D eigenvalue weighted by atomic mass is 35.5. The molecule has 0 spiro atoms. The molecule has 0 unspecified atom stereocenters. The maximum atomic E-state index is 13.3. The topological polar surface area (TPSA) is 84.7 Å². The van der Waals surface area contributed by atoms with E-state index in [-0.39, 0.29) is 18.4 Å². The van der Waals surface area contributed by atoms with Crippen molar-refractivity contribution in [2.75, 3.05) is 26.0 Å². The molecule has 0 aliphatic rings. The average Bonchev–Trinajstić information content (AvgIpc) is 3.33. The number of halogens is 1. The van der Waals surface area contributed by atoms with Crippen LogP contribution in [0.1, 0.15) is 10.4 Å². The molecule has 4 rings (SSSR count). The third-order valence-corrected chi connectivity index (χ3v) is 5.12. The molecule has 7 nitrogen and oxygen atoms in total. The summed E-state index contributed by atoms with van der Waals surface area (Å²) >= 11 is 6.02. The van der Waals surface area contributed by atoms with Crippen LogP contribution < -0.4 is 10.1 Å². The normalized spacial score (nSPS) is 10.7. The lowest BCUT2D eigenvalue weighted by molar-refractivity contribution is -0.116. The first-order valence-corrected chi connectivity index (χ1v) is 10.2. The summed E-state index contributed by atoms with van der Waals surface area (Å²) in [6.45, 7) is -0.165. The van der Waals surface area contributed by atoms with Crippen molar-refractivity contribution in [1.82, 2.24) is 9.88 Å².